The fourth-order valence-electron chi connectivity index (χ4n) is 5.42. The van der Waals surface area contributed by atoms with Crippen LogP contribution in [0.4, 0.5) is 0 Å². The number of benzene rings is 1. The van der Waals surface area contributed by atoms with Gasteiger partial charge in [0.1, 0.15) is 30.2 Å². The Kier molecular flexibility index (Phi) is 21.6. The second-order valence-corrected chi connectivity index (χ2v) is 14.1. The van der Waals surface area contributed by atoms with Crippen molar-refractivity contribution in [2.75, 3.05) is 13.1 Å². The molecule has 55 heavy (non-hydrogen) atoms. The fraction of sp³-hybridized carbons (Fsp3) is 0.611. The third-order valence-electron chi connectivity index (χ3n) is 8.38. The van der Waals surface area contributed by atoms with E-state index in [9.17, 15) is 43.8 Å². The van der Waals surface area contributed by atoms with Crippen LogP contribution in [0.25, 0.3) is 0 Å². The van der Waals surface area contributed by atoms with Gasteiger partial charge in [-0.2, -0.15) is 0 Å². The van der Waals surface area contributed by atoms with Gasteiger partial charge in [-0.15, -0.1) is 0 Å². The number of amides is 5. The lowest BCUT2D eigenvalue weighted by molar-refractivity contribution is -0.144. The summed E-state index contributed by atoms with van der Waals surface area (Å²) in [5.74, 6) is -7.62. The number of hydrogen-bond donors (Lipinski definition) is 11. The average molecular weight is 777 g/mol. The van der Waals surface area contributed by atoms with Crippen LogP contribution >= 0.6 is 0 Å². The van der Waals surface area contributed by atoms with Crippen LogP contribution in [0.1, 0.15) is 78.2 Å². The van der Waals surface area contributed by atoms with Crippen LogP contribution in [-0.2, 0) is 40.0 Å². The molecule has 19 heteroatoms. The molecule has 1 rings (SSSR count). The molecule has 15 N–H and O–H groups in total. The summed E-state index contributed by atoms with van der Waals surface area (Å²) in [4.78, 5) is 94.7. The molecule has 0 fully saturated rings. The molecule has 19 nitrogen and oxygen atoms in total. The van der Waals surface area contributed by atoms with E-state index in [2.05, 4.69) is 31.6 Å². The maximum Gasteiger partial charge on any atom is 0.326 e. The van der Waals surface area contributed by atoms with Crippen LogP contribution in [-0.4, -0.2) is 107 Å². The molecular weight excluding hydrogens is 716 g/mol. The lowest BCUT2D eigenvalue weighted by atomic mass is 9.99. The molecule has 1 aromatic rings. The molecule has 6 unspecified atom stereocenters. The molecule has 0 radical (unpaired) electrons. The van der Waals surface area contributed by atoms with Gasteiger partial charge in [-0.1, -0.05) is 64.4 Å². The minimum Gasteiger partial charge on any atom is -0.481 e. The number of carboxylic acids is 2. The summed E-state index contributed by atoms with van der Waals surface area (Å²) < 4.78 is 0. The number of aliphatic imine (C=N–C) groups is 1. The van der Waals surface area contributed by atoms with Gasteiger partial charge in [0.05, 0.1) is 12.5 Å². The van der Waals surface area contributed by atoms with Gasteiger partial charge in [-0.05, 0) is 56.0 Å². The Bertz CT molecular complexity index is 1450. The molecule has 0 saturated heterocycles. The predicted octanol–water partition coefficient (Wildman–Crippen LogP) is -1.58. The number of rotatable bonds is 26. The van der Waals surface area contributed by atoms with Gasteiger partial charge in [0.25, 0.3) is 0 Å². The van der Waals surface area contributed by atoms with Gasteiger partial charge in [-0.25, -0.2) is 4.79 Å². The van der Waals surface area contributed by atoms with Crippen molar-refractivity contribution in [1.29, 1.82) is 0 Å². The zero-order chi connectivity index (χ0) is 41.7. The van der Waals surface area contributed by atoms with E-state index in [0.29, 0.717) is 31.4 Å². The Balaban J connectivity index is 3.30. The zero-order valence-corrected chi connectivity index (χ0v) is 32.1. The molecule has 6 atom stereocenters. The molecule has 5 amide bonds. The van der Waals surface area contributed by atoms with Gasteiger partial charge in [0.15, 0.2) is 5.96 Å². The summed E-state index contributed by atoms with van der Waals surface area (Å²) in [5, 5.41) is 31.8. The van der Waals surface area contributed by atoms with Gasteiger partial charge < -0.3 is 59.7 Å². The first-order chi connectivity index (χ1) is 25.9. The Morgan fingerprint density at radius 2 is 1.25 bits per heavy atom. The van der Waals surface area contributed by atoms with Crippen LogP contribution in [0.15, 0.2) is 35.3 Å². The molecule has 0 aliphatic rings. The topological polar surface area (TPSA) is 337 Å². The number of carboxylic acid groups (broad SMARTS) is 2. The smallest absolute Gasteiger partial charge is 0.326 e. The summed E-state index contributed by atoms with van der Waals surface area (Å²) in [7, 11) is 0. The summed E-state index contributed by atoms with van der Waals surface area (Å²) in [5.41, 5.74) is 22.8. The first kappa shape index (κ1) is 47.7. The highest BCUT2D eigenvalue weighted by molar-refractivity contribution is 5.97. The highest BCUT2D eigenvalue weighted by Gasteiger charge is 2.34. The van der Waals surface area contributed by atoms with E-state index in [0.717, 1.165) is 0 Å². The van der Waals surface area contributed by atoms with E-state index in [1.54, 1.807) is 58.0 Å². The van der Waals surface area contributed by atoms with Crippen LogP contribution in [0, 0.1) is 11.8 Å². The van der Waals surface area contributed by atoms with E-state index >= 15 is 0 Å². The summed E-state index contributed by atoms with van der Waals surface area (Å²) in [6.45, 7) is 7.51. The second kappa shape index (κ2) is 24.9. The second-order valence-electron chi connectivity index (χ2n) is 14.1. The molecular formula is C36H60N10O9. The van der Waals surface area contributed by atoms with Crippen molar-refractivity contribution >= 4 is 47.4 Å². The number of nitrogens with two attached hydrogens (primary N) is 4. The largest absolute Gasteiger partial charge is 0.481 e. The number of guanidine groups is 1. The standard InChI is InChI=1S/C36H60N10O9/c1-20(2)17-25(31(50)44-27(19-28(47)48)33(52)42-24(35(54)55)14-10-16-41-36(39)40)43-32(51)26(18-22-11-6-5-7-12-22)45-34(53)29(21(3)4)46-30(49)23(38)13-8-9-15-37/h5-7,11-12,20-21,23-27,29H,8-10,13-19,37-38H2,1-4H3,(H,42,52)(H,43,51)(H,44,50)(H,45,53)(H,46,49)(H,47,48)(H,54,55)(H4,39,40,41). The van der Waals surface area contributed by atoms with Crippen molar-refractivity contribution in [1.82, 2.24) is 26.6 Å². The van der Waals surface area contributed by atoms with Crippen LogP contribution in [0.2, 0.25) is 0 Å². The van der Waals surface area contributed by atoms with Crippen molar-refractivity contribution < 1.29 is 43.8 Å². The number of nitrogens with zero attached hydrogens (tertiary/aromatic N) is 1. The molecule has 0 aliphatic heterocycles. The third kappa shape index (κ3) is 19.0. The Hall–Kier alpha value is -5.30. The molecule has 308 valence electrons. The van der Waals surface area contributed by atoms with Crippen molar-refractivity contribution in [3.8, 4) is 0 Å². The fourth-order valence-corrected chi connectivity index (χ4v) is 5.42. The molecule has 0 aromatic heterocycles. The maximum atomic E-state index is 13.9. The number of hydrogen-bond acceptors (Lipinski definition) is 10. The lowest BCUT2D eigenvalue weighted by Crippen LogP contribution is -2.60. The van der Waals surface area contributed by atoms with Crippen molar-refractivity contribution in [3.05, 3.63) is 35.9 Å². The van der Waals surface area contributed by atoms with Gasteiger partial charge >= 0.3 is 11.9 Å². The summed E-state index contributed by atoms with van der Waals surface area (Å²) in [6.07, 6.45) is 0.880. The highest BCUT2D eigenvalue weighted by atomic mass is 16.4. The number of unbranched alkanes of at least 4 members (excludes halogenated alkanes) is 1. The van der Waals surface area contributed by atoms with Gasteiger partial charge in [0, 0.05) is 13.0 Å². The molecule has 0 heterocycles. The van der Waals surface area contributed by atoms with E-state index in [1.807, 2.05) is 0 Å². The predicted molar refractivity (Wildman–Crippen MR) is 205 cm³/mol. The van der Waals surface area contributed by atoms with E-state index < -0.39 is 90.1 Å². The molecule has 0 bridgehead atoms. The lowest BCUT2D eigenvalue weighted by Gasteiger charge is -2.28. The number of carbonyl (C=O) groups is 7. The van der Waals surface area contributed by atoms with Crippen LogP contribution < -0.4 is 49.5 Å². The Morgan fingerprint density at radius 1 is 0.691 bits per heavy atom. The van der Waals surface area contributed by atoms with Crippen LogP contribution in [0.5, 0.6) is 0 Å². The molecule has 1 aromatic carbocycles. The Labute approximate surface area is 321 Å². The van der Waals surface area contributed by atoms with Crippen molar-refractivity contribution in [3.63, 3.8) is 0 Å². The maximum absolute atomic E-state index is 13.9. The van der Waals surface area contributed by atoms with Crippen molar-refractivity contribution in [2.24, 2.45) is 39.8 Å². The van der Waals surface area contributed by atoms with E-state index in [1.165, 1.54) is 0 Å². The monoisotopic (exact) mass is 776 g/mol. The van der Waals surface area contributed by atoms with E-state index in [-0.39, 0.29) is 44.1 Å². The highest BCUT2D eigenvalue weighted by Crippen LogP contribution is 2.11. The average Bonchev–Trinajstić information content (AvgIpc) is 3.10. The number of aliphatic carboxylic acids is 2. The third-order valence-corrected chi connectivity index (χ3v) is 8.38. The molecule has 0 spiro atoms. The SMILES string of the molecule is CC(C)CC(NC(=O)C(Cc1ccccc1)NC(=O)C(NC(=O)C(N)CCCCN)C(C)C)C(=O)NC(CC(=O)O)C(=O)NC(CCCN=C(N)N)C(=O)O. The minimum absolute atomic E-state index is 0.00436. The molecule has 0 aliphatic carbocycles. The normalized spacial score (nSPS) is 14.3. The minimum atomic E-state index is -1.71. The first-order valence-electron chi connectivity index (χ1n) is 18.4. The first-order valence-corrected chi connectivity index (χ1v) is 18.4. The number of carbonyl (C=O) groups excluding carboxylic acids is 5. The summed E-state index contributed by atoms with van der Waals surface area (Å²) >= 11 is 0. The Morgan fingerprint density at radius 3 is 1.80 bits per heavy atom. The quantitative estimate of drug-likeness (QED) is 0.0288. The number of nitrogens with one attached hydrogen (secondary N) is 5. The van der Waals surface area contributed by atoms with Crippen molar-refractivity contribution in [2.45, 2.75) is 115 Å². The van der Waals surface area contributed by atoms with Crippen LogP contribution in [0.3, 0.4) is 0 Å². The van der Waals surface area contributed by atoms with Gasteiger partial charge in [0.2, 0.25) is 29.5 Å². The van der Waals surface area contributed by atoms with E-state index in [4.69, 9.17) is 22.9 Å². The molecule has 0 saturated carbocycles. The summed E-state index contributed by atoms with van der Waals surface area (Å²) in [6, 6.07) is 1.09. The van der Waals surface area contributed by atoms with Gasteiger partial charge in [-0.3, -0.25) is 33.8 Å². The zero-order valence-electron chi connectivity index (χ0n) is 32.1.